The van der Waals surface area contributed by atoms with Gasteiger partial charge in [-0.15, -0.1) is 0 Å². The number of rotatable bonds is 2. The van der Waals surface area contributed by atoms with Gasteiger partial charge in [-0.2, -0.15) is 0 Å². The third-order valence-electron chi connectivity index (χ3n) is 2.47. The van der Waals surface area contributed by atoms with E-state index in [0.29, 0.717) is 5.88 Å². The molecule has 0 aliphatic heterocycles. The quantitative estimate of drug-likeness (QED) is 0.780. The molecule has 0 fully saturated rings. The first kappa shape index (κ1) is 9.24. The molecule has 1 aliphatic carbocycles. The Morgan fingerprint density at radius 3 is 3.00 bits per heavy atom. The summed E-state index contributed by atoms with van der Waals surface area (Å²) < 4.78 is 5.08. The van der Waals surface area contributed by atoms with Crippen LogP contribution in [-0.2, 0) is 17.6 Å². The highest BCUT2D eigenvalue weighted by molar-refractivity contribution is 5.91. The highest BCUT2D eigenvalue weighted by Crippen LogP contribution is 2.28. The fourth-order valence-electron chi connectivity index (χ4n) is 1.58. The predicted octanol–water partition coefficient (Wildman–Crippen LogP) is 1.76. The van der Waals surface area contributed by atoms with Crippen LogP contribution in [0.2, 0.25) is 0 Å². The molecule has 1 aromatic rings. The van der Waals surface area contributed by atoms with Crippen LogP contribution in [0.4, 0.5) is 5.88 Å². The van der Waals surface area contributed by atoms with Crippen LogP contribution in [-0.4, -0.2) is 11.1 Å². The van der Waals surface area contributed by atoms with Crippen molar-refractivity contribution >= 4 is 11.8 Å². The molecule has 0 aromatic carbocycles. The molecule has 1 amide bonds. The Kier molecular flexibility index (Phi) is 2.27. The number of nitrogens with zero attached hydrogens (tertiary/aromatic N) is 1. The van der Waals surface area contributed by atoms with Gasteiger partial charge in [-0.3, -0.25) is 10.1 Å². The second kappa shape index (κ2) is 3.44. The van der Waals surface area contributed by atoms with Crippen LogP contribution in [0.25, 0.3) is 0 Å². The standard InChI is InChI=1S/C10H14N2O2/c1-6(2)9(13)11-10-7-4-3-5-8(7)12-14-10/h6H,3-5H2,1-2H3,(H,11,13). The van der Waals surface area contributed by atoms with E-state index in [9.17, 15) is 4.79 Å². The van der Waals surface area contributed by atoms with Gasteiger partial charge in [-0.1, -0.05) is 19.0 Å². The number of fused-ring (bicyclic) bond motifs is 1. The van der Waals surface area contributed by atoms with Crippen molar-refractivity contribution in [2.24, 2.45) is 5.92 Å². The van der Waals surface area contributed by atoms with Crippen LogP contribution >= 0.6 is 0 Å². The van der Waals surface area contributed by atoms with Crippen molar-refractivity contribution in [3.63, 3.8) is 0 Å². The monoisotopic (exact) mass is 194 g/mol. The molecule has 76 valence electrons. The lowest BCUT2D eigenvalue weighted by Gasteiger charge is -2.04. The van der Waals surface area contributed by atoms with E-state index in [-0.39, 0.29) is 11.8 Å². The number of hydrogen-bond acceptors (Lipinski definition) is 3. The minimum absolute atomic E-state index is 0.0177. The van der Waals surface area contributed by atoms with Gasteiger partial charge in [-0.25, -0.2) is 0 Å². The molecule has 2 rings (SSSR count). The van der Waals surface area contributed by atoms with E-state index in [0.717, 1.165) is 30.5 Å². The second-order valence-electron chi connectivity index (χ2n) is 3.93. The van der Waals surface area contributed by atoms with Crippen molar-refractivity contribution < 1.29 is 9.32 Å². The maximum Gasteiger partial charge on any atom is 0.234 e. The van der Waals surface area contributed by atoms with Crippen molar-refractivity contribution in [1.82, 2.24) is 5.16 Å². The van der Waals surface area contributed by atoms with Crippen molar-refractivity contribution in [3.8, 4) is 0 Å². The first-order valence-electron chi connectivity index (χ1n) is 4.96. The van der Waals surface area contributed by atoms with Crippen molar-refractivity contribution in [2.75, 3.05) is 5.32 Å². The Morgan fingerprint density at radius 1 is 1.50 bits per heavy atom. The Labute approximate surface area is 82.7 Å². The van der Waals surface area contributed by atoms with E-state index < -0.39 is 0 Å². The minimum Gasteiger partial charge on any atom is -0.338 e. The average molecular weight is 194 g/mol. The van der Waals surface area contributed by atoms with Crippen LogP contribution in [0.5, 0.6) is 0 Å². The Bertz CT molecular complexity index is 355. The number of anilines is 1. The van der Waals surface area contributed by atoms with Crippen LogP contribution in [0.15, 0.2) is 4.52 Å². The van der Waals surface area contributed by atoms with Crippen molar-refractivity contribution in [3.05, 3.63) is 11.3 Å². The molecule has 0 saturated heterocycles. The number of aromatic nitrogens is 1. The predicted molar refractivity (Wildman–Crippen MR) is 52.0 cm³/mol. The molecule has 1 aliphatic rings. The number of aryl methyl sites for hydroxylation is 1. The highest BCUT2D eigenvalue weighted by atomic mass is 16.5. The Hall–Kier alpha value is -1.32. The van der Waals surface area contributed by atoms with Crippen LogP contribution in [0.1, 0.15) is 31.5 Å². The molecule has 1 aromatic heterocycles. The van der Waals surface area contributed by atoms with Gasteiger partial charge in [0.1, 0.15) is 0 Å². The summed E-state index contributed by atoms with van der Waals surface area (Å²) in [4.78, 5) is 11.4. The maximum atomic E-state index is 11.4. The molecule has 0 bridgehead atoms. The lowest BCUT2D eigenvalue weighted by Crippen LogP contribution is -2.18. The van der Waals surface area contributed by atoms with Gasteiger partial charge in [0.25, 0.3) is 0 Å². The topological polar surface area (TPSA) is 55.1 Å². The van der Waals surface area contributed by atoms with Gasteiger partial charge < -0.3 is 4.52 Å². The summed E-state index contributed by atoms with van der Waals surface area (Å²) in [6, 6.07) is 0. The summed E-state index contributed by atoms with van der Waals surface area (Å²) in [6.07, 6.45) is 3.04. The normalized spacial score (nSPS) is 14.5. The third kappa shape index (κ3) is 1.52. The molecule has 0 radical (unpaired) electrons. The lowest BCUT2D eigenvalue weighted by atomic mass is 10.2. The fraction of sp³-hybridized carbons (Fsp3) is 0.600. The van der Waals surface area contributed by atoms with Gasteiger partial charge in [0, 0.05) is 11.5 Å². The molecule has 0 atom stereocenters. The zero-order chi connectivity index (χ0) is 10.1. The molecule has 1 N–H and O–H groups in total. The lowest BCUT2D eigenvalue weighted by molar-refractivity contribution is -0.119. The van der Waals surface area contributed by atoms with Gasteiger partial charge >= 0.3 is 0 Å². The Balaban J connectivity index is 2.14. The number of nitrogens with one attached hydrogen (secondary N) is 1. The number of carbonyl (C=O) groups is 1. The molecule has 4 heteroatoms. The van der Waals surface area contributed by atoms with Gasteiger partial charge in [0.2, 0.25) is 11.8 Å². The molecular formula is C10H14N2O2. The highest BCUT2D eigenvalue weighted by Gasteiger charge is 2.22. The molecule has 0 saturated carbocycles. The maximum absolute atomic E-state index is 11.4. The van der Waals surface area contributed by atoms with Crippen molar-refractivity contribution in [2.45, 2.75) is 33.1 Å². The summed E-state index contributed by atoms with van der Waals surface area (Å²) in [5.74, 6) is 0.504. The number of carbonyl (C=O) groups excluding carboxylic acids is 1. The summed E-state index contributed by atoms with van der Waals surface area (Å²) in [7, 11) is 0. The molecule has 0 unspecified atom stereocenters. The molecular weight excluding hydrogens is 180 g/mol. The van der Waals surface area contributed by atoms with Gasteiger partial charge in [-0.05, 0) is 19.3 Å². The summed E-state index contributed by atoms with van der Waals surface area (Å²) >= 11 is 0. The van der Waals surface area contributed by atoms with E-state index >= 15 is 0 Å². The minimum atomic E-state index is -0.0304. The largest absolute Gasteiger partial charge is 0.338 e. The van der Waals surface area contributed by atoms with Crippen LogP contribution < -0.4 is 5.32 Å². The number of amides is 1. The van der Waals surface area contributed by atoms with E-state index in [1.165, 1.54) is 0 Å². The SMILES string of the molecule is CC(C)C(=O)Nc1onc2c1CCC2. The van der Waals surface area contributed by atoms with Gasteiger partial charge in [0.15, 0.2) is 0 Å². The smallest absolute Gasteiger partial charge is 0.234 e. The fourth-order valence-corrected chi connectivity index (χ4v) is 1.58. The summed E-state index contributed by atoms with van der Waals surface area (Å²) in [6.45, 7) is 3.71. The molecule has 14 heavy (non-hydrogen) atoms. The Morgan fingerprint density at radius 2 is 2.29 bits per heavy atom. The first-order chi connectivity index (χ1) is 6.68. The third-order valence-corrected chi connectivity index (χ3v) is 2.47. The first-order valence-corrected chi connectivity index (χ1v) is 4.96. The van der Waals surface area contributed by atoms with Crippen LogP contribution in [0.3, 0.4) is 0 Å². The van der Waals surface area contributed by atoms with E-state index in [1.807, 2.05) is 13.8 Å². The summed E-state index contributed by atoms with van der Waals surface area (Å²) in [5, 5.41) is 6.67. The van der Waals surface area contributed by atoms with Crippen molar-refractivity contribution in [1.29, 1.82) is 0 Å². The van der Waals surface area contributed by atoms with E-state index in [4.69, 9.17) is 4.52 Å². The van der Waals surface area contributed by atoms with Gasteiger partial charge in [0.05, 0.1) is 5.69 Å². The summed E-state index contributed by atoms with van der Waals surface area (Å²) in [5.41, 5.74) is 2.09. The number of hydrogen-bond donors (Lipinski definition) is 1. The molecule has 0 spiro atoms. The molecule has 1 heterocycles. The zero-order valence-corrected chi connectivity index (χ0v) is 8.46. The molecule has 4 nitrogen and oxygen atoms in total. The zero-order valence-electron chi connectivity index (χ0n) is 8.46. The average Bonchev–Trinajstić information content (AvgIpc) is 2.69. The van der Waals surface area contributed by atoms with Crippen LogP contribution in [0, 0.1) is 5.92 Å². The van der Waals surface area contributed by atoms with E-state index in [1.54, 1.807) is 0 Å². The van der Waals surface area contributed by atoms with E-state index in [2.05, 4.69) is 10.5 Å². The second-order valence-corrected chi connectivity index (χ2v) is 3.93.